The second-order valence-corrected chi connectivity index (χ2v) is 3.34. The van der Waals surface area contributed by atoms with Crippen molar-refractivity contribution in [3.05, 3.63) is 22.8 Å². The minimum atomic E-state index is 0.0347. The van der Waals surface area contributed by atoms with Gasteiger partial charge in [-0.15, -0.1) is 0 Å². The Morgan fingerprint density at radius 1 is 1.31 bits per heavy atom. The van der Waals surface area contributed by atoms with Crippen LogP contribution in [0, 0.1) is 13.8 Å². The van der Waals surface area contributed by atoms with Crippen LogP contribution in [0.4, 0.5) is 0 Å². The van der Waals surface area contributed by atoms with Crippen LogP contribution in [0.3, 0.4) is 0 Å². The average Bonchev–Trinajstić information content (AvgIpc) is 2.27. The van der Waals surface area contributed by atoms with Crippen LogP contribution >= 0.6 is 0 Å². The number of carbonyl (C=O) groups excluding carboxylic acids is 1. The third-order valence-corrected chi connectivity index (χ3v) is 2.22. The lowest BCUT2D eigenvalue weighted by molar-refractivity contribution is 0.0815. The van der Waals surface area contributed by atoms with Crippen molar-refractivity contribution in [3.8, 4) is 0 Å². The molecule has 0 aliphatic carbocycles. The van der Waals surface area contributed by atoms with Crippen molar-refractivity contribution in [1.82, 2.24) is 14.9 Å². The summed E-state index contributed by atoms with van der Waals surface area (Å²) in [7, 11) is 1.78. The summed E-state index contributed by atoms with van der Waals surface area (Å²) in [4.78, 5) is 21.6. The van der Waals surface area contributed by atoms with Gasteiger partial charge in [-0.05, 0) is 13.8 Å². The van der Waals surface area contributed by atoms with Crippen molar-refractivity contribution in [2.45, 2.75) is 20.4 Å². The molecule has 0 bridgehead atoms. The van der Waals surface area contributed by atoms with E-state index < -0.39 is 0 Å². The molecule has 0 saturated carbocycles. The molecule has 2 heterocycles. The molecule has 0 atom stereocenters. The van der Waals surface area contributed by atoms with Gasteiger partial charge in [0.15, 0.2) is 0 Å². The lowest BCUT2D eigenvalue weighted by atomic mass is 10.2. The van der Waals surface area contributed by atoms with Crippen LogP contribution in [0.1, 0.15) is 27.6 Å². The van der Waals surface area contributed by atoms with Crippen molar-refractivity contribution in [3.63, 3.8) is 0 Å². The van der Waals surface area contributed by atoms with Gasteiger partial charge < -0.3 is 4.90 Å². The molecule has 1 amide bonds. The lowest BCUT2D eigenvalue weighted by Gasteiger charge is -2.04. The summed E-state index contributed by atoms with van der Waals surface area (Å²) < 4.78 is 0. The molecule has 1 aromatic rings. The molecule has 1 aliphatic heterocycles. The van der Waals surface area contributed by atoms with Crippen LogP contribution < -0.4 is 0 Å². The molecular formula is C9H11N3O. The number of amides is 1. The summed E-state index contributed by atoms with van der Waals surface area (Å²) >= 11 is 0. The zero-order valence-electron chi connectivity index (χ0n) is 7.96. The van der Waals surface area contributed by atoms with Crippen LogP contribution in [0.2, 0.25) is 0 Å². The highest BCUT2D eigenvalue weighted by Crippen LogP contribution is 2.21. The van der Waals surface area contributed by atoms with Gasteiger partial charge in [0.05, 0.1) is 23.5 Å². The van der Waals surface area contributed by atoms with E-state index in [-0.39, 0.29) is 5.91 Å². The van der Waals surface area contributed by atoms with E-state index in [1.54, 1.807) is 11.9 Å². The van der Waals surface area contributed by atoms with E-state index in [0.717, 1.165) is 17.2 Å². The third kappa shape index (κ3) is 1.09. The topological polar surface area (TPSA) is 46.1 Å². The molecule has 0 saturated heterocycles. The number of aromatic nitrogens is 2. The smallest absolute Gasteiger partial charge is 0.257 e. The molecule has 13 heavy (non-hydrogen) atoms. The summed E-state index contributed by atoms with van der Waals surface area (Å²) in [6.45, 7) is 4.30. The van der Waals surface area contributed by atoms with Gasteiger partial charge in [0.2, 0.25) is 0 Å². The highest BCUT2D eigenvalue weighted by atomic mass is 16.2. The monoisotopic (exact) mass is 177 g/mol. The molecule has 0 aromatic carbocycles. The molecule has 4 heteroatoms. The zero-order chi connectivity index (χ0) is 9.59. The van der Waals surface area contributed by atoms with Gasteiger partial charge in [-0.1, -0.05) is 0 Å². The minimum Gasteiger partial charge on any atom is -0.336 e. The summed E-state index contributed by atoms with van der Waals surface area (Å²) in [6.07, 6.45) is 0. The predicted molar refractivity (Wildman–Crippen MR) is 47.3 cm³/mol. The predicted octanol–water partition coefficient (Wildman–Crippen LogP) is 0.679. The van der Waals surface area contributed by atoms with Gasteiger partial charge in [0, 0.05) is 7.05 Å². The number of fused-ring (bicyclic) bond motifs is 1. The van der Waals surface area contributed by atoms with Gasteiger partial charge in [-0.25, -0.2) is 9.97 Å². The van der Waals surface area contributed by atoms with Crippen LogP contribution in [-0.4, -0.2) is 27.8 Å². The quantitative estimate of drug-likeness (QED) is 0.585. The third-order valence-electron chi connectivity index (χ3n) is 2.22. The standard InChI is InChI=1S/C9H11N3O/c1-5-8-7(11-6(2)10-5)4-12(3)9(8)13/h4H2,1-3H3. The summed E-state index contributed by atoms with van der Waals surface area (Å²) in [5.41, 5.74) is 2.34. The molecule has 1 aromatic heterocycles. The average molecular weight is 177 g/mol. The molecule has 1 aliphatic rings. The fraction of sp³-hybridized carbons (Fsp3) is 0.444. The molecular weight excluding hydrogens is 166 g/mol. The lowest BCUT2D eigenvalue weighted by Crippen LogP contribution is -2.18. The maximum Gasteiger partial charge on any atom is 0.257 e. The van der Waals surface area contributed by atoms with Gasteiger partial charge in [-0.2, -0.15) is 0 Å². The van der Waals surface area contributed by atoms with Gasteiger partial charge in [-0.3, -0.25) is 4.79 Å². The molecule has 0 unspecified atom stereocenters. The van der Waals surface area contributed by atoms with E-state index >= 15 is 0 Å². The molecule has 0 fully saturated rings. The van der Waals surface area contributed by atoms with E-state index in [2.05, 4.69) is 9.97 Å². The van der Waals surface area contributed by atoms with Gasteiger partial charge >= 0.3 is 0 Å². The molecule has 0 spiro atoms. The van der Waals surface area contributed by atoms with Crippen LogP contribution in [0.5, 0.6) is 0 Å². The normalized spacial score (nSPS) is 15.0. The first kappa shape index (κ1) is 8.16. The highest BCUT2D eigenvalue weighted by Gasteiger charge is 2.28. The molecule has 0 radical (unpaired) electrons. The first-order valence-corrected chi connectivity index (χ1v) is 4.19. The van der Waals surface area contributed by atoms with Gasteiger partial charge in [0.25, 0.3) is 5.91 Å². The van der Waals surface area contributed by atoms with E-state index in [9.17, 15) is 4.79 Å². The Hall–Kier alpha value is -1.45. The van der Waals surface area contributed by atoms with Crippen molar-refractivity contribution in [2.75, 3.05) is 7.05 Å². The second-order valence-electron chi connectivity index (χ2n) is 3.34. The van der Waals surface area contributed by atoms with E-state index in [1.165, 1.54) is 0 Å². The van der Waals surface area contributed by atoms with Crippen LogP contribution in [-0.2, 0) is 6.54 Å². The molecule has 2 rings (SSSR count). The van der Waals surface area contributed by atoms with E-state index in [4.69, 9.17) is 0 Å². The van der Waals surface area contributed by atoms with Crippen molar-refractivity contribution >= 4 is 5.91 Å². The van der Waals surface area contributed by atoms with Gasteiger partial charge in [0.1, 0.15) is 5.82 Å². The zero-order valence-corrected chi connectivity index (χ0v) is 7.96. The van der Waals surface area contributed by atoms with Crippen molar-refractivity contribution < 1.29 is 4.79 Å². The molecule has 68 valence electrons. The van der Waals surface area contributed by atoms with Crippen molar-refractivity contribution in [1.29, 1.82) is 0 Å². The number of carbonyl (C=O) groups is 1. The number of hydrogen-bond donors (Lipinski definition) is 0. The number of rotatable bonds is 0. The number of hydrogen-bond acceptors (Lipinski definition) is 3. The Kier molecular flexibility index (Phi) is 1.58. The Balaban J connectivity index is 2.64. The number of aryl methyl sites for hydroxylation is 2. The highest BCUT2D eigenvalue weighted by molar-refractivity contribution is 5.98. The minimum absolute atomic E-state index is 0.0347. The van der Waals surface area contributed by atoms with Crippen molar-refractivity contribution in [2.24, 2.45) is 0 Å². The molecule has 4 nitrogen and oxygen atoms in total. The maximum absolute atomic E-state index is 11.6. The largest absolute Gasteiger partial charge is 0.336 e. The first-order chi connectivity index (χ1) is 6.09. The Morgan fingerprint density at radius 3 is 2.69 bits per heavy atom. The summed E-state index contributed by atoms with van der Waals surface area (Å²) in [5, 5.41) is 0. The second kappa shape index (κ2) is 2.52. The van der Waals surface area contributed by atoms with Crippen LogP contribution in [0.15, 0.2) is 0 Å². The maximum atomic E-state index is 11.6. The number of nitrogens with zero attached hydrogens (tertiary/aromatic N) is 3. The summed E-state index contributed by atoms with van der Waals surface area (Å²) in [5.74, 6) is 0.770. The summed E-state index contributed by atoms with van der Waals surface area (Å²) in [6, 6.07) is 0. The SMILES string of the molecule is Cc1nc(C)c2c(n1)CN(C)C2=O. The van der Waals surface area contributed by atoms with Crippen LogP contribution in [0.25, 0.3) is 0 Å². The Morgan fingerprint density at radius 2 is 2.00 bits per heavy atom. The fourth-order valence-corrected chi connectivity index (χ4v) is 1.66. The fourth-order valence-electron chi connectivity index (χ4n) is 1.66. The Labute approximate surface area is 76.6 Å². The Bertz CT molecular complexity index is 387. The first-order valence-electron chi connectivity index (χ1n) is 4.19. The van der Waals surface area contributed by atoms with E-state index in [1.807, 2.05) is 13.8 Å². The molecule has 0 N–H and O–H groups in total. The van der Waals surface area contributed by atoms with E-state index in [0.29, 0.717) is 12.1 Å².